The number of carbonyl (C=O) groups excluding carboxylic acids is 3. The van der Waals surface area contributed by atoms with Gasteiger partial charge in [0, 0.05) is 18.1 Å². The number of nitrogens with zero attached hydrogens (tertiary/aromatic N) is 2. The Morgan fingerprint density at radius 1 is 1.20 bits per heavy atom. The Balaban J connectivity index is 1.56. The van der Waals surface area contributed by atoms with E-state index >= 15 is 0 Å². The lowest BCUT2D eigenvalue weighted by Crippen LogP contribution is -2.24. The normalized spacial score (nSPS) is 13.2. The Labute approximate surface area is 145 Å². The molecular weight excluding hydrogens is 342 g/mol. The van der Waals surface area contributed by atoms with E-state index in [1.807, 2.05) is 0 Å². The van der Waals surface area contributed by atoms with E-state index in [0.717, 1.165) is 4.90 Å². The van der Waals surface area contributed by atoms with E-state index < -0.39 is 5.91 Å². The summed E-state index contributed by atoms with van der Waals surface area (Å²) in [5.74, 6) is -0.543. The van der Waals surface area contributed by atoms with Gasteiger partial charge >= 0.3 is 0 Å². The second-order valence-electron chi connectivity index (χ2n) is 5.40. The molecule has 1 aliphatic rings. The molecule has 0 saturated heterocycles. The van der Waals surface area contributed by atoms with Gasteiger partial charge < -0.3 is 9.73 Å². The first-order chi connectivity index (χ1) is 12.0. The summed E-state index contributed by atoms with van der Waals surface area (Å²) < 4.78 is 5.26. The lowest BCUT2D eigenvalue weighted by Gasteiger charge is -2.04. The number of aromatic nitrogens is 1. The van der Waals surface area contributed by atoms with Crippen molar-refractivity contribution in [3.8, 4) is 10.8 Å². The molecule has 0 saturated carbocycles. The highest BCUT2D eigenvalue weighted by Gasteiger charge is 2.32. The molecule has 7 nitrogen and oxygen atoms in total. The van der Waals surface area contributed by atoms with E-state index in [1.165, 1.54) is 36.8 Å². The Hall–Kier alpha value is -3.26. The van der Waals surface area contributed by atoms with Gasteiger partial charge in [0.25, 0.3) is 17.7 Å². The standard InChI is InChI=1S/C17H11N3O4S/c1-20-16(22)10-5-4-9(7-11(10)17(20)23)18-14(21)12-8-25-15(19-12)13-3-2-6-24-13/h2-8H,1H3,(H,18,21). The SMILES string of the molecule is CN1C(=O)c2ccc(NC(=O)c3csc(-c4ccco4)n3)cc2C1=O. The first-order valence-electron chi connectivity index (χ1n) is 7.32. The Morgan fingerprint density at radius 2 is 2.00 bits per heavy atom. The quantitative estimate of drug-likeness (QED) is 0.731. The van der Waals surface area contributed by atoms with Gasteiger partial charge in [-0.25, -0.2) is 4.98 Å². The molecule has 3 heterocycles. The number of furan rings is 1. The van der Waals surface area contributed by atoms with Crippen LogP contribution in [0, 0.1) is 0 Å². The fourth-order valence-electron chi connectivity index (χ4n) is 2.53. The molecule has 0 atom stereocenters. The summed E-state index contributed by atoms with van der Waals surface area (Å²) in [6, 6.07) is 8.12. The zero-order valence-electron chi connectivity index (χ0n) is 13.0. The minimum absolute atomic E-state index is 0.247. The van der Waals surface area contributed by atoms with Crippen molar-refractivity contribution in [1.29, 1.82) is 0 Å². The smallest absolute Gasteiger partial charge is 0.275 e. The topological polar surface area (TPSA) is 92.5 Å². The summed E-state index contributed by atoms with van der Waals surface area (Å²) in [7, 11) is 1.42. The fourth-order valence-corrected chi connectivity index (χ4v) is 3.29. The maximum absolute atomic E-state index is 12.3. The molecule has 0 unspecified atom stereocenters. The number of hydrogen-bond donors (Lipinski definition) is 1. The lowest BCUT2D eigenvalue weighted by atomic mass is 10.1. The number of carbonyl (C=O) groups is 3. The maximum Gasteiger partial charge on any atom is 0.275 e. The summed E-state index contributed by atoms with van der Waals surface area (Å²) in [5.41, 5.74) is 1.28. The van der Waals surface area contributed by atoms with Crippen LogP contribution in [0.1, 0.15) is 31.2 Å². The molecule has 0 bridgehead atoms. The van der Waals surface area contributed by atoms with Crippen molar-refractivity contribution in [3.63, 3.8) is 0 Å². The van der Waals surface area contributed by atoms with Crippen LogP contribution < -0.4 is 5.32 Å². The third-order valence-corrected chi connectivity index (χ3v) is 4.67. The second kappa shape index (κ2) is 5.67. The van der Waals surface area contributed by atoms with E-state index in [4.69, 9.17) is 4.42 Å². The van der Waals surface area contributed by atoms with Crippen LogP contribution in [-0.2, 0) is 0 Å². The average Bonchev–Trinajstić information content (AvgIpc) is 3.33. The van der Waals surface area contributed by atoms with E-state index in [2.05, 4.69) is 10.3 Å². The zero-order chi connectivity index (χ0) is 17.6. The summed E-state index contributed by atoms with van der Waals surface area (Å²) in [6.07, 6.45) is 1.54. The first-order valence-corrected chi connectivity index (χ1v) is 8.20. The molecule has 25 heavy (non-hydrogen) atoms. The molecule has 1 aromatic carbocycles. The summed E-state index contributed by atoms with van der Waals surface area (Å²) in [6.45, 7) is 0. The van der Waals surface area contributed by atoms with Crippen molar-refractivity contribution < 1.29 is 18.8 Å². The molecule has 4 rings (SSSR count). The molecule has 1 N–H and O–H groups in total. The van der Waals surface area contributed by atoms with Gasteiger partial charge in [-0.05, 0) is 30.3 Å². The minimum atomic E-state index is -0.404. The average molecular weight is 353 g/mol. The number of rotatable bonds is 3. The zero-order valence-corrected chi connectivity index (χ0v) is 13.8. The number of anilines is 1. The van der Waals surface area contributed by atoms with Gasteiger partial charge in [0.1, 0.15) is 5.69 Å². The number of imide groups is 1. The molecular formula is C17H11N3O4S. The molecule has 2 aromatic heterocycles. The first kappa shape index (κ1) is 15.3. The number of thiazole rings is 1. The third kappa shape index (κ3) is 2.52. The van der Waals surface area contributed by atoms with E-state index in [-0.39, 0.29) is 23.1 Å². The molecule has 0 aliphatic carbocycles. The molecule has 1 aliphatic heterocycles. The maximum atomic E-state index is 12.3. The van der Waals surface area contributed by atoms with Gasteiger partial charge in [-0.3, -0.25) is 19.3 Å². The van der Waals surface area contributed by atoms with Gasteiger partial charge in [0.05, 0.1) is 17.4 Å². The lowest BCUT2D eigenvalue weighted by molar-refractivity contribution is 0.0692. The Morgan fingerprint density at radius 3 is 2.76 bits per heavy atom. The van der Waals surface area contributed by atoms with Crippen molar-refractivity contribution in [2.45, 2.75) is 0 Å². The number of amides is 3. The summed E-state index contributed by atoms with van der Waals surface area (Å²) in [5, 5.41) is 4.92. The predicted molar refractivity (Wildman–Crippen MR) is 90.6 cm³/mol. The molecule has 3 aromatic rings. The predicted octanol–water partition coefficient (Wildman–Crippen LogP) is 2.88. The summed E-state index contributed by atoms with van der Waals surface area (Å²) in [4.78, 5) is 41.5. The van der Waals surface area contributed by atoms with Crippen LogP contribution in [0.2, 0.25) is 0 Å². The number of fused-ring (bicyclic) bond motifs is 1. The van der Waals surface area contributed by atoms with Gasteiger partial charge in [0.2, 0.25) is 0 Å². The monoisotopic (exact) mass is 353 g/mol. The van der Waals surface area contributed by atoms with Crippen LogP contribution >= 0.6 is 11.3 Å². The minimum Gasteiger partial charge on any atom is -0.462 e. The van der Waals surface area contributed by atoms with Crippen molar-refractivity contribution in [2.75, 3.05) is 12.4 Å². The van der Waals surface area contributed by atoms with Crippen LogP contribution in [0.15, 0.2) is 46.4 Å². The van der Waals surface area contributed by atoms with Crippen molar-refractivity contribution in [2.24, 2.45) is 0 Å². The molecule has 0 fully saturated rings. The highest BCUT2D eigenvalue weighted by atomic mass is 32.1. The van der Waals surface area contributed by atoms with Gasteiger partial charge in [-0.15, -0.1) is 11.3 Å². The van der Waals surface area contributed by atoms with E-state index in [1.54, 1.807) is 23.6 Å². The molecule has 3 amide bonds. The van der Waals surface area contributed by atoms with Crippen molar-refractivity contribution >= 4 is 34.7 Å². The van der Waals surface area contributed by atoms with Gasteiger partial charge in [0.15, 0.2) is 10.8 Å². The van der Waals surface area contributed by atoms with E-state index in [9.17, 15) is 14.4 Å². The van der Waals surface area contributed by atoms with Crippen LogP contribution in [-0.4, -0.2) is 34.7 Å². The Bertz CT molecular complexity index is 1010. The highest BCUT2D eigenvalue weighted by Crippen LogP contribution is 2.26. The van der Waals surface area contributed by atoms with E-state index in [0.29, 0.717) is 22.0 Å². The third-order valence-electron chi connectivity index (χ3n) is 3.82. The molecule has 0 radical (unpaired) electrons. The number of hydrogen-bond acceptors (Lipinski definition) is 6. The molecule has 124 valence electrons. The second-order valence-corrected chi connectivity index (χ2v) is 6.26. The number of benzene rings is 1. The molecule has 8 heteroatoms. The van der Waals surface area contributed by atoms with Crippen molar-refractivity contribution in [1.82, 2.24) is 9.88 Å². The fraction of sp³-hybridized carbons (Fsp3) is 0.0588. The van der Waals surface area contributed by atoms with Gasteiger partial charge in [-0.2, -0.15) is 0 Å². The van der Waals surface area contributed by atoms with Crippen LogP contribution in [0.5, 0.6) is 0 Å². The van der Waals surface area contributed by atoms with Crippen LogP contribution in [0.25, 0.3) is 10.8 Å². The van der Waals surface area contributed by atoms with Crippen LogP contribution in [0.3, 0.4) is 0 Å². The van der Waals surface area contributed by atoms with Crippen LogP contribution in [0.4, 0.5) is 5.69 Å². The number of nitrogens with one attached hydrogen (secondary N) is 1. The molecule has 0 spiro atoms. The van der Waals surface area contributed by atoms with Crippen molar-refractivity contribution in [3.05, 3.63) is 58.8 Å². The Kier molecular flexibility index (Phi) is 3.47. The summed E-state index contributed by atoms with van der Waals surface area (Å²) >= 11 is 1.30. The van der Waals surface area contributed by atoms with Gasteiger partial charge in [-0.1, -0.05) is 0 Å². The highest BCUT2D eigenvalue weighted by molar-refractivity contribution is 7.13. The largest absolute Gasteiger partial charge is 0.462 e.